The molecule has 5 heterocycles. The van der Waals surface area contributed by atoms with Gasteiger partial charge in [0.25, 0.3) is 5.91 Å². The van der Waals surface area contributed by atoms with Crippen LogP contribution >= 0.6 is 0 Å². The van der Waals surface area contributed by atoms with Crippen molar-refractivity contribution in [2.75, 3.05) is 13.7 Å². The lowest BCUT2D eigenvalue weighted by Crippen LogP contribution is -2.41. The Morgan fingerprint density at radius 2 is 1.93 bits per heavy atom. The van der Waals surface area contributed by atoms with Gasteiger partial charge >= 0.3 is 0 Å². The van der Waals surface area contributed by atoms with Gasteiger partial charge in [-0.25, -0.2) is 19.3 Å². The van der Waals surface area contributed by atoms with Gasteiger partial charge < -0.3 is 24.5 Å². The zero-order valence-electron chi connectivity index (χ0n) is 23.9. The third-order valence-electron chi connectivity index (χ3n) is 9.55. The summed E-state index contributed by atoms with van der Waals surface area (Å²) in [4.78, 5) is 28.8. The highest BCUT2D eigenvalue weighted by atomic mass is 19.2. The van der Waals surface area contributed by atoms with E-state index in [-0.39, 0.29) is 23.6 Å². The molecule has 1 saturated heterocycles. The number of likely N-dealkylation sites (tertiary alicyclic amines) is 1. The summed E-state index contributed by atoms with van der Waals surface area (Å²) in [5.74, 6) is -0.0957. The molecule has 5 aromatic rings. The minimum atomic E-state index is -1.15. The molecular weight excluding hydrogens is 552 g/mol. The monoisotopic (exact) mass is 583 g/mol. The van der Waals surface area contributed by atoms with Crippen LogP contribution in [0.2, 0.25) is 0 Å². The van der Waals surface area contributed by atoms with Crippen molar-refractivity contribution in [1.29, 1.82) is 0 Å². The molecule has 2 N–H and O–H groups in total. The number of halogens is 2. The fourth-order valence-electron chi connectivity index (χ4n) is 7.09. The van der Waals surface area contributed by atoms with E-state index < -0.39 is 11.8 Å². The van der Waals surface area contributed by atoms with E-state index in [1.807, 2.05) is 34.7 Å². The maximum atomic E-state index is 14.6. The van der Waals surface area contributed by atoms with Crippen LogP contribution in [-0.2, 0) is 13.6 Å². The van der Waals surface area contributed by atoms with Crippen LogP contribution in [0, 0.1) is 23.6 Å². The molecule has 8 rings (SSSR count). The van der Waals surface area contributed by atoms with Gasteiger partial charge in [-0.1, -0.05) is 0 Å². The van der Waals surface area contributed by atoms with Crippen molar-refractivity contribution in [3.8, 4) is 28.5 Å². The third-order valence-corrected chi connectivity index (χ3v) is 9.55. The van der Waals surface area contributed by atoms with Gasteiger partial charge in [-0.15, -0.1) is 0 Å². The molecule has 1 aliphatic heterocycles. The second-order valence-corrected chi connectivity index (χ2v) is 12.1. The van der Waals surface area contributed by atoms with E-state index in [2.05, 4.69) is 9.55 Å². The van der Waals surface area contributed by atoms with Crippen molar-refractivity contribution in [1.82, 2.24) is 29.0 Å². The first kappa shape index (κ1) is 26.3. The Morgan fingerprint density at radius 3 is 2.65 bits per heavy atom. The summed E-state index contributed by atoms with van der Waals surface area (Å²) in [6.45, 7) is 1.41. The van der Waals surface area contributed by atoms with Gasteiger partial charge in [0.2, 0.25) is 5.95 Å². The molecule has 43 heavy (non-hydrogen) atoms. The van der Waals surface area contributed by atoms with E-state index in [9.17, 15) is 13.6 Å². The lowest BCUT2D eigenvalue weighted by molar-refractivity contribution is 0.0700. The van der Waals surface area contributed by atoms with Crippen molar-refractivity contribution < 1.29 is 18.3 Å². The predicted octanol–water partition coefficient (Wildman–Crippen LogP) is 4.91. The van der Waals surface area contributed by atoms with Crippen LogP contribution in [-0.4, -0.2) is 60.6 Å². The third kappa shape index (κ3) is 4.05. The zero-order chi connectivity index (χ0) is 29.6. The summed E-state index contributed by atoms with van der Waals surface area (Å²) in [5.41, 5.74) is 10.3. The summed E-state index contributed by atoms with van der Waals surface area (Å²) in [6, 6.07) is 10.8. The summed E-state index contributed by atoms with van der Waals surface area (Å²) in [7, 11) is 3.53. The Kier molecular flexibility index (Phi) is 5.84. The number of fused-ring (bicyclic) bond motifs is 4. The number of aromatic nitrogens is 5. The molecule has 1 amide bonds. The number of pyridine rings is 2. The van der Waals surface area contributed by atoms with Gasteiger partial charge in [-0.05, 0) is 73.9 Å². The molecular formula is C32H31F2N7O2. The number of ether oxygens (including phenoxy) is 1. The number of piperidine rings is 1. The number of imidazole rings is 1. The number of nitrogens with two attached hydrogens (primary N) is 1. The Balaban J connectivity index is 1.25. The molecule has 2 bridgehead atoms. The van der Waals surface area contributed by atoms with Crippen LogP contribution in [0.1, 0.15) is 36.0 Å². The van der Waals surface area contributed by atoms with Crippen molar-refractivity contribution in [2.45, 2.75) is 44.3 Å². The molecule has 3 atom stereocenters. The summed E-state index contributed by atoms with van der Waals surface area (Å²) >= 11 is 0. The number of carbonyl (C=O) groups is 1. The van der Waals surface area contributed by atoms with E-state index in [4.69, 9.17) is 20.4 Å². The first-order chi connectivity index (χ1) is 20.8. The predicted molar refractivity (Wildman–Crippen MR) is 157 cm³/mol. The Morgan fingerprint density at radius 1 is 1.09 bits per heavy atom. The van der Waals surface area contributed by atoms with Crippen molar-refractivity contribution in [3.63, 3.8) is 0 Å². The number of methoxy groups -OCH3 is 1. The molecule has 3 aliphatic rings. The fourth-order valence-corrected chi connectivity index (χ4v) is 7.09. The normalized spacial score (nSPS) is 21.4. The summed E-state index contributed by atoms with van der Waals surface area (Å²) < 4.78 is 38.4. The molecule has 0 spiro atoms. The lowest BCUT2D eigenvalue weighted by atomic mass is 10.1. The molecule has 2 saturated carbocycles. The fraction of sp³-hybridized carbons (Fsp3) is 0.375. The van der Waals surface area contributed by atoms with E-state index in [0.29, 0.717) is 52.4 Å². The molecule has 9 nitrogen and oxygen atoms in total. The highest BCUT2D eigenvalue weighted by molar-refractivity contribution is 6.00. The van der Waals surface area contributed by atoms with Crippen LogP contribution < -0.4 is 10.5 Å². The first-order valence-corrected chi connectivity index (χ1v) is 14.7. The molecule has 11 heteroatoms. The lowest BCUT2D eigenvalue weighted by Gasteiger charge is -2.27. The Bertz CT molecular complexity index is 1950. The smallest absolute Gasteiger partial charge is 0.254 e. The number of benzene rings is 1. The molecule has 2 unspecified atom stereocenters. The van der Waals surface area contributed by atoms with Crippen LogP contribution in [0.4, 0.5) is 8.78 Å². The van der Waals surface area contributed by atoms with E-state index in [1.54, 1.807) is 19.2 Å². The number of carbonyl (C=O) groups excluding carboxylic acids is 1. The van der Waals surface area contributed by atoms with Gasteiger partial charge in [-0.3, -0.25) is 4.79 Å². The van der Waals surface area contributed by atoms with E-state index in [1.165, 1.54) is 12.3 Å². The summed E-state index contributed by atoms with van der Waals surface area (Å²) in [5, 5.41) is 0.865. The zero-order valence-corrected chi connectivity index (χ0v) is 23.9. The molecule has 4 aromatic heterocycles. The standard InChI is InChI=1S/C32H31F2N7O2/c1-39-28-22(11-19(13-25(28)43-2)32(42)41-15-18-6-8-23(41)27(18)35)38-31(39)24-12-17-5-7-21(20-9-10-36-29(34)26(20)33)37-30(17)40(24)14-16-3-4-16/h5,7,9-13,16,18,23,27H,3-4,6,8,14-15,35H2,1-2H3/t18?,23?,27-/m1/s1. The minimum Gasteiger partial charge on any atom is -0.494 e. The number of rotatable bonds is 6. The van der Waals surface area contributed by atoms with Gasteiger partial charge in [0.1, 0.15) is 16.9 Å². The van der Waals surface area contributed by atoms with Gasteiger partial charge in [0.15, 0.2) is 11.6 Å². The number of aryl methyl sites for hydroxylation is 1. The molecule has 3 fully saturated rings. The van der Waals surface area contributed by atoms with E-state index in [0.717, 1.165) is 48.8 Å². The Hall–Kier alpha value is -4.38. The first-order valence-electron chi connectivity index (χ1n) is 14.7. The topological polar surface area (TPSA) is 104 Å². The average molecular weight is 584 g/mol. The second kappa shape index (κ2) is 9.57. The van der Waals surface area contributed by atoms with Crippen molar-refractivity contribution >= 4 is 28.0 Å². The number of nitrogens with zero attached hydrogens (tertiary/aromatic N) is 6. The minimum absolute atomic E-state index is 0.0348. The quantitative estimate of drug-likeness (QED) is 0.285. The van der Waals surface area contributed by atoms with Crippen LogP contribution in [0.15, 0.2) is 42.6 Å². The van der Waals surface area contributed by atoms with Crippen LogP contribution in [0.25, 0.3) is 44.8 Å². The maximum absolute atomic E-state index is 14.6. The van der Waals surface area contributed by atoms with Crippen LogP contribution in [0.3, 0.4) is 0 Å². The second-order valence-electron chi connectivity index (χ2n) is 12.1. The average Bonchev–Trinajstić information content (AvgIpc) is 3.42. The van der Waals surface area contributed by atoms with Gasteiger partial charge in [0.05, 0.1) is 24.0 Å². The molecule has 220 valence electrons. The highest BCUT2D eigenvalue weighted by Gasteiger charge is 2.47. The maximum Gasteiger partial charge on any atom is 0.254 e. The number of amides is 1. The van der Waals surface area contributed by atoms with Gasteiger partial charge in [-0.2, -0.15) is 4.39 Å². The highest BCUT2D eigenvalue weighted by Crippen LogP contribution is 2.40. The van der Waals surface area contributed by atoms with E-state index >= 15 is 0 Å². The summed E-state index contributed by atoms with van der Waals surface area (Å²) in [6.07, 6.45) is 5.48. The number of hydrogen-bond donors (Lipinski definition) is 1. The molecule has 1 aromatic carbocycles. The number of hydrogen-bond acceptors (Lipinski definition) is 6. The van der Waals surface area contributed by atoms with Crippen molar-refractivity contribution in [2.24, 2.45) is 24.6 Å². The Labute approximate surface area is 246 Å². The van der Waals surface area contributed by atoms with Crippen molar-refractivity contribution in [3.05, 3.63) is 59.9 Å². The molecule has 0 radical (unpaired) electrons. The van der Waals surface area contributed by atoms with Crippen LogP contribution in [0.5, 0.6) is 5.75 Å². The SMILES string of the molecule is COc1cc(C(=O)N2CC3CCC2[C@@H]3N)cc2nc(-c3cc4ccc(-c5ccnc(F)c5F)nc4n3CC3CC3)n(C)c12. The largest absolute Gasteiger partial charge is 0.494 e. The van der Waals surface area contributed by atoms with Gasteiger partial charge in [0, 0.05) is 54.9 Å². The molecule has 2 aliphatic carbocycles.